The van der Waals surface area contributed by atoms with Gasteiger partial charge in [-0.05, 0) is 61.2 Å². The van der Waals surface area contributed by atoms with Gasteiger partial charge in [0.05, 0.1) is 18.2 Å². The predicted molar refractivity (Wildman–Crippen MR) is 122 cm³/mol. The highest BCUT2D eigenvalue weighted by molar-refractivity contribution is 7.89. The lowest BCUT2D eigenvalue weighted by atomic mass is 10.1. The molecule has 0 radical (unpaired) electrons. The van der Waals surface area contributed by atoms with Crippen LogP contribution in [0.4, 0.5) is 0 Å². The molecule has 6 nitrogen and oxygen atoms in total. The highest BCUT2D eigenvalue weighted by atomic mass is 32.2. The minimum absolute atomic E-state index is 0.248. The van der Waals surface area contributed by atoms with Crippen LogP contribution in [-0.2, 0) is 16.6 Å². The van der Waals surface area contributed by atoms with Crippen LogP contribution in [0.3, 0.4) is 0 Å². The molecular formula is C24H26N2O4S. The van der Waals surface area contributed by atoms with Gasteiger partial charge in [-0.15, -0.1) is 0 Å². The molecule has 3 rings (SSSR count). The van der Waals surface area contributed by atoms with Crippen LogP contribution in [0.25, 0.3) is 0 Å². The number of benzene rings is 3. The molecule has 3 aromatic rings. The van der Waals surface area contributed by atoms with E-state index in [1.165, 1.54) is 6.21 Å². The molecule has 0 atom stereocenters. The molecule has 0 fully saturated rings. The first-order valence-corrected chi connectivity index (χ1v) is 11.3. The lowest BCUT2D eigenvalue weighted by Crippen LogP contribution is -2.20. The Morgan fingerprint density at radius 3 is 2.26 bits per heavy atom. The number of hydrogen-bond acceptors (Lipinski definition) is 5. The number of ether oxygens (including phenoxy) is 2. The summed E-state index contributed by atoms with van der Waals surface area (Å²) in [6.07, 6.45) is 1.43. The van der Waals surface area contributed by atoms with Gasteiger partial charge >= 0.3 is 0 Å². The van der Waals surface area contributed by atoms with E-state index in [0.29, 0.717) is 34.8 Å². The van der Waals surface area contributed by atoms with E-state index in [9.17, 15) is 8.42 Å². The smallest absolute Gasteiger partial charge is 0.277 e. The summed E-state index contributed by atoms with van der Waals surface area (Å²) < 4.78 is 36.7. The Labute approximate surface area is 183 Å². The van der Waals surface area contributed by atoms with Crippen LogP contribution in [0, 0.1) is 20.8 Å². The summed E-state index contributed by atoms with van der Waals surface area (Å²) in [5, 5.41) is 3.93. The Hall–Kier alpha value is -3.32. The van der Waals surface area contributed by atoms with Crippen molar-refractivity contribution in [3.05, 3.63) is 88.5 Å². The molecule has 7 heteroatoms. The molecule has 1 N–H and O–H groups in total. The van der Waals surface area contributed by atoms with Crippen LogP contribution in [0.2, 0.25) is 0 Å². The highest BCUT2D eigenvalue weighted by Gasteiger charge is 2.19. The van der Waals surface area contributed by atoms with Gasteiger partial charge in [0.15, 0.2) is 11.5 Å². The minimum Gasteiger partial charge on any atom is -0.493 e. The average Bonchev–Trinajstić information content (AvgIpc) is 2.72. The third kappa shape index (κ3) is 5.64. The third-order valence-corrected chi connectivity index (χ3v) is 6.21. The summed E-state index contributed by atoms with van der Waals surface area (Å²) in [4.78, 5) is 2.54. The van der Waals surface area contributed by atoms with Gasteiger partial charge in [-0.3, -0.25) is 0 Å². The number of sulfonamides is 1. The Balaban J connectivity index is 1.72. The minimum atomic E-state index is -3.78. The summed E-state index contributed by atoms with van der Waals surface area (Å²) in [6.45, 7) is 5.90. The average molecular weight is 439 g/mol. The lowest BCUT2D eigenvalue weighted by Gasteiger charge is -2.12. The Morgan fingerprint density at radius 2 is 1.61 bits per heavy atom. The molecule has 0 aliphatic rings. The fourth-order valence-corrected chi connectivity index (χ4v) is 4.67. The van der Waals surface area contributed by atoms with Crippen molar-refractivity contribution >= 4 is 16.2 Å². The van der Waals surface area contributed by atoms with Crippen LogP contribution < -0.4 is 14.3 Å². The van der Waals surface area contributed by atoms with E-state index in [2.05, 4.69) is 9.93 Å². The molecule has 0 heterocycles. The van der Waals surface area contributed by atoms with Crippen molar-refractivity contribution in [1.82, 2.24) is 4.83 Å². The van der Waals surface area contributed by atoms with Crippen LogP contribution in [0.1, 0.15) is 27.8 Å². The quantitative estimate of drug-likeness (QED) is 0.415. The first kappa shape index (κ1) is 22.4. The van der Waals surface area contributed by atoms with Gasteiger partial charge in [-0.25, -0.2) is 4.83 Å². The maximum Gasteiger partial charge on any atom is 0.277 e. The molecule has 0 aliphatic heterocycles. The van der Waals surface area contributed by atoms with Crippen LogP contribution in [0.5, 0.6) is 11.5 Å². The zero-order valence-corrected chi connectivity index (χ0v) is 18.9. The number of methoxy groups -OCH3 is 1. The summed E-state index contributed by atoms with van der Waals surface area (Å²) in [6, 6.07) is 18.8. The number of hydrogen-bond donors (Lipinski definition) is 1. The number of nitrogens with one attached hydrogen (secondary N) is 1. The zero-order valence-electron chi connectivity index (χ0n) is 18.0. The third-order valence-electron chi connectivity index (χ3n) is 4.68. The first-order chi connectivity index (χ1) is 14.8. The van der Waals surface area contributed by atoms with Crippen molar-refractivity contribution in [3.63, 3.8) is 0 Å². The van der Waals surface area contributed by atoms with Gasteiger partial charge in [-0.1, -0.05) is 48.0 Å². The van der Waals surface area contributed by atoms with Crippen molar-refractivity contribution in [2.75, 3.05) is 7.11 Å². The van der Waals surface area contributed by atoms with Gasteiger partial charge in [0.25, 0.3) is 10.0 Å². The van der Waals surface area contributed by atoms with Crippen molar-refractivity contribution in [2.24, 2.45) is 5.10 Å². The van der Waals surface area contributed by atoms with E-state index in [4.69, 9.17) is 9.47 Å². The van der Waals surface area contributed by atoms with Crippen molar-refractivity contribution in [1.29, 1.82) is 0 Å². The molecule has 0 unspecified atom stereocenters. The van der Waals surface area contributed by atoms with E-state index in [-0.39, 0.29) is 4.90 Å². The maximum absolute atomic E-state index is 12.7. The highest BCUT2D eigenvalue weighted by Crippen LogP contribution is 2.28. The number of rotatable bonds is 8. The normalized spacial score (nSPS) is 11.5. The summed E-state index contributed by atoms with van der Waals surface area (Å²) in [5.74, 6) is 1.13. The number of hydrazone groups is 1. The standard InChI is InChI=1S/C24H26N2O4S/c1-17-12-18(2)24(19(3)13-17)31(27,28)26-25-15-21-10-11-22(23(14-21)29-4)30-16-20-8-6-5-7-9-20/h5-15,26H,16H2,1-4H3/b25-15+. The Morgan fingerprint density at radius 1 is 0.935 bits per heavy atom. The lowest BCUT2D eigenvalue weighted by molar-refractivity contribution is 0.284. The second-order valence-corrected chi connectivity index (χ2v) is 8.86. The van der Waals surface area contributed by atoms with E-state index >= 15 is 0 Å². The van der Waals surface area contributed by atoms with Gasteiger partial charge in [0.1, 0.15) is 6.61 Å². The van der Waals surface area contributed by atoms with E-state index in [1.807, 2.05) is 49.4 Å². The van der Waals surface area contributed by atoms with Crippen molar-refractivity contribution in [2.45, 2.75) is 32.3 Å². The molecule has 162 valence electrons. The molecule has 0 saturated carbocycles. The molecule has 0 bridgehead atoms. The van der Waals surface area contributed by atoms with E-state index in [1.54, 1.807) is 39.2 Å². The molecule has 0 aromatic heterocycles. The van der Waals surface area contributed by atoms with Crippen molar-refractivity contribution in [3.8, 4) is 11.5 Å². The maximum atomic E-state index is 12.7. The van der Waals surface area contributed by atoms with Crippen LogP contribution >= 0.6 is 0 Å². The fourth-order valence-electron chi connectivity index (χ4n) is 3.43. The Bertz CT molecular complexity index is 1170. The largest absolute Gasteiger partial charge is 0.493 e. The van der Waals surface area contributed by atoms with Crippen LogP contribution in [-0.4, -0.2) is 21.7 Å². The predicted octanol–water partition coefficient (Wildman–Crippen LogP) is 4.51. The monoisotopic (exact) mass is 438 g/mol. The van der Waals surface area contributed by atoms with E-state index in [0.717, 1.165) is 11.1 Å². The summed E-state index contributed by atoms with van der Waals surface area (Å²) in [5.41, 5.74) is 4.10. The molecule has 3 aromatic carbocycles. The van der Waals surface area contributed by atoms with Gasteiger partial charge in [0.2, 0.25) is 0 Å². The van der Waals surface area contributed by atoms with Gasteiger partial charge in [-0.2, -0.15) is 13.5 Å². The van der Waals surface area contributed by atoms with Gasteiger partial charge < -0.3 is 9.47 Å². The molecular weight excluding hydrogens is 412 g/mol. The van der Waals surface area contributed by atoms with E-state index < -0.39 is 10.0 Å². The van der Waals surface area contributed by atoms with Crippen molar-refractivity contribution < 1.29 is 17.9 Å². The number of aryl methyl sites for hydroxylation is 3. The molecule has 31 heavy (non-hydrogen) atoms. The SMILES string of the molecule is COc1cc(/C=N/NS(=O)(=O)c2c(C)cc(C)cc2C)ccc1OCc1ccccc1. The second kappa shape index (κ2) is 9.66. The molecule has 0 saturated heterocycles. The second-order valence-electron chi connectivity index (χ2n) is 7.27. The molecule has 0 spiro atoms. The Kier molecular flexibility index (Phi) is 6.97. The first-order valence-electron chi connectivity index (χ1n) is 9.77. The summed E-state index contributed by atoms with van der Waals surface area (Å²) >= 11 is 0. The molecule has 0 aliphatic carbocycles. The fraction of sp³-hybridized carbons (Fsp3) is 0.208. The number of nitrogens with zero attached hydrogens (tertiary/aromatic N) is 1. The van der Waals surface area contributed by atoms with Crippen LogP contribution in [0.15, 0.2) is 70.7 Å². The van der Waals surface area contributed by atoms with Gasteiger partial charge in [0, 0.05) is 0 Å². The summed E-state index contributed by atoms with van der Waals surface area (Å²) in [7, 11) is -2.22. The topological polar surface area (TPSA) is 77.0 Å². The zero-order chi connectivity index (χ0) is 22.4. The molecule has 0 amide bonds.